The van der Waals surface area contributed by atoms with Crippen molar-refractivity contribution in [3.05, 3.63) is 0 Å². The van der Waals surface area contributed by atoms with Gasteiger partial charge in [0.1, 0.15) is 0 Å². The molecule has 2 atom stereocenters. The van der Waals surface area contributed by atoms with Gasteiger partial charge in [0.15, 0.2) is 5.96 Å². The van der Waals surface area contributed by atoms with E-state index >= 15 is 0 Å². The van der Waals surface area contributed by atoms with Gasteiger partial charge in [-0.05, 0) is 42.9 Å². The van der Waals surface area contributed by atoms with Gasteiger partial charge in [0, 0.05) is 33.4 Å². The second-order valence-electron chi connectivity index (χ2n) is 8.07. The zero-order chi connectivity index (χ0) is 16.1. The minimum atomic E-state index is 0.444. The molecule has 0 aromatic heterocycles. The highest BCUT2D eigenvalue weighted by molar-refractivity contribution is 5.80. The van der Waals surface area contributed by atoms with Gasteiger partial charge in [-0.25, -0.2) is 0 Å². The van der Waals surface area contributed by atoms with Crippen LogP contribution in [0.4, 0.5) is 0 Å². The maximum Gasteiger partial charge on any atom is 0.191 e. The first-order valence-electron chi connectivity index (χ1n) is 9.72. The molecule has 3 fully saturated rings. The normalized spacial score (nSPS) is 30.6. The summed E-state index contributed by atoms with van der Waals surface area (Å²) in [6.45, 7) is 1.91. The minimum absolute atomic E-state index is 0.444. The van der Waals surface area contributed by atoms with Crippen molar-refractivity contribution in [2.24, 2.45) is 22.2 Å². The largest absolute Gasteiger partial charge is 0.385 e. The average Bonchev–Trinajstić information content (AvgIpc) is 3.32. The van der Waals surface area contributed by atoms with E-state index in [1.807, 2.05) is 7.05 Å². The number of nitrogens with one attached hydrogen (secondary N) is 2. The SMILES string of the molecule is CN=C(NCC1(CCOC)CCC1)NC1CC1C1CCCCC1. The summed E-state index contributed by atoms with van der Waals surface area (Å²) in [6, 6.07) is 0.667. The van der Waals surface area contributed by atoms with Crippen LogP contribution >= 0.6 is 0 Å². The number of nitrogens with zero attached hydrogens (tertiary/aromatic N) is 1. The number of ether oxygens (including phenoxy) is 1. The van der Waals surface area contributed by atoms with E-state index < -0.39 is 0 Å². The Kier molecular flexibility index (Phi) is 5.84. The molecule has 2 unspecified atom stereocenters. The maximum absolute atomic E-state index is 5.29. The second kappa shape index (κ2) is 7.87. The third-order valence-electron chi connectivity index (χ3n) is 6.52. The van der Waals surface area contributed by atoms with E-state index in [1.165, 1.54) is 64.2 Å². The highest BCUT2D eigenvalue weighted by Crippen LogP contribution is 2.45. The van der Waals surface area contributed by atoms with Crippen LogP contribution in [0.2, 0.25) is 0 Å². The molecule has 3 aliphatic rings. The molecule has 0 aromatic carbocycles. The van der Waals surface area contributed by atoms with Crippen LogP contribution in [0.15, 0.2) is 4.99 Å². The van der Waals surface area contributed by atoms with Crippen molar-refractivity contribution >= 4 is 5.96 Å². The lowest BCUT2D eigenvalue weighted by molar-refractivity contribution is 0.0732. The lowest BCUT2D eigenvalue weighted by Gasteiger charge is -2.42. The number of rotatable bonds is 7. The molecule has 0 saturated heterocycles. The number of methoxy groups -OCH3 is 1. The predicted octanol–water partition coefficient (Wildman–Crippen LogP) is 3.33. The monoisotopic (exact) mass is 321 g/mol. The van der Waals surface area contributed by atoms with Crippen molar-refractivity contribution in [3.63, 3.8) is 0 Å². The maximum atomic E-state index is 5.29. The fraction of sp³-hybridized carbons (Fsp3) is 0.947. The molecule has 3 saturated carbocycles. The number of hydrogen-bond acceptors (Lipinski definition) is 2. The molecule has 0 bridgehead atoms. The van der Waals surface area contributed by atoms with Gasteiger partial charge in [0.05, 0.1) is 0 Å². The van der Waals surface area contributed by atoms with Crippen molar-refractivity contribution < 1.29 is 4.74 Å². The van der Waals surface area contributed by atoms with E-state index in [1.54, 1.807) is 7.11 Å². The fourth-order valence-corrected chi connectivity index (χ4v) is 4.62. The summed E-state index contributed by atoms with van der Waals surface area (Å²) in [5, 5.41) is 7.27. The summed E-state index contributed by atoms with van der Waals surface area (Å²) in [4.78, 5) is 4.45. The zero-order valence-corrected chi connectivity index (χ0v) is 15.1. The van der Waals surface area contributed by atoms with E-state index in [-0.39, 0.29) is 0 Å². The van der Waals surface area contributed by atoms with Crippen LogP contribution in [0.25, 0.3) is 0 Å². The van der Waals surface area contributed by atoms with Gasteiger partial charge < -0.3 is 15.4 Å². The Labute approximate surface area is 141 Å². The summed E-state index contributed by atoms with van der Waals surface area (Å²) in [5.74, 6) is 2.89. The molecule has 0 aromatic rings. The number of guanidine groups is 1. The van der Waals surface area contributed by atoms with Gasteiger partial charge in [-0.3, -0.25) is 4.99 Å². The Bertz CT molecular complexity index is 399. The van der Waals surface area contributed by atoms with Gasteiger partial charge in [-0.15, -0.1) is 0 Å². The van der Waals surface area contributed by atoms with Crippen LogP contribution in [0.1, 0.15) is 64.2 Å². The molecule has 132 valence electrons. The Balaban J connectivity index is 1.40. The van der Waals surface area contributed by atoms with E-state index in [2.05, 4.69) is 15.6 Å². The molecular weight excluding hydrogens is 286 g/mol. The first-order valence-corrected chi connectivity index (χ1v) is 9.72. The molecule has 3 rings (SSSR count). The van der Waals surface area contributed by atoms with E-state index in [0.29, 0.717) is 11.5 Å². The summed E-state index contributed by atoms with van der Waals surface area (Å²) >= 11 is 0. The average molecular weight is 322 g/mol. The zero-order valence-electron chi connectivity index (χ0n) is 15.1. The van der Waals surface area contributed by atoms with Crippen molar-refractivity contribution in [2.75, 3.05) is 27.3 Å². The highest BCUT2D eigenvalue weighted by Gasteiger charge is 2.43. The molecular formula is C19H35N3O. The number of hydrogen-bond donors (Lipinski definition) is 2. The first-order chi connectivity index (χ1) is 11.3. The predicted molar refractivity (Wildman–Crippen MR) is 95.7 cm³/mol. The van der Waals surface area contributed by atoms with Crippen LogP contribution in [-0.2, 0) is 4.74 Å². The number of aliphatic imine (C=N–C) groups is 1. The third-order valence-corrected chi connectivity index (χ3v) is 6.52. The molecule has 2 N–H and O–H groups in total. The molecule has 4 nitrogen and oxygen atoms in total. The van der Waals surface area contributed by atoms with Crippen LogP contribution in [0.5, 0.6) is 0 Å². The Morgan fingerprint density at radius 1 is 1.17 bits per heavy atom. The lowest BCUT2D eigenvalue weighted by Crippen LogP contribution is -2.47. The highest BCUT2D eigenvalue weighted by atomic mass is 16.5. The second-order valence-corrected chi connectivity index (χ2v) is 8.07. The molecule has 0 amide bonds. The third kappa shape index (κ3) is 4.40. The van der Waals surface area contributed by atoms with E-state index in [0.717, 1.165) is 30.9 Å². The summed E-state index contributed by atoms with van der Waals surface area (Å²) < 4.78 is 5.29. The molecule has 0 heterocycles. The molecule has 4 heteroatoms. The van der Waals surface area contributed by atoms with Gasteiger partial charge in [0.25, 0.3) is 0 Å². The van der Waals surface area contributed by atoms with E-state index in [4.69, 9.17) is 4.74 Å². The van der Waals surface area contributed by atoms with Crippen molar-refractivity contribution in [1.82, 2.24) is 10.6 Å². The Hall–Kier alpha value is -0.770. The lowest BCUT2D eigenvalue weighted by atomic mass is 9.67. The van der Waals surface area contributed by atoms with Crippen LogP contribution in [-0.4, -0.2) is 39.3 Å². The van der Waals surface area contributed by atoms with Crippen LogP contribution in [0, 0.1) is 17.3 Å². The minimum Gasteiger partial charge on any atom is -0.385 e. The van der Waals surface area contributed by atoms with Crippen molar-refractivity contribution in [2.45, 2.75) is 70.3 Å². The molecule has 23 heavy (non-hydrogen) atoms. The van der Waals surface area contributed by atoms with Crippen LogP contribution in [0.3, 0.4) is 0 Å². The Morgan fingerprint density at radius 2 is 1.96 bits per heavy atom. The van der Waals surface area contributed by atoms with Crippen LogP contribution < -0.4 is 10.6 Å². The quantitative estimate of drug-likeness (QED) is 0.558. The smallest absolute Gasteiger partial charge is 0.191 e. The van der Waals surface area contributed by atoms with Gasteiger partial charge in [-0.1, -0.05) is 38.5 Å². The molecule has 0 radical (unpaired) electrons. The topological polar surface area (TPSA) is 45.7 Å². The van der Waals surface area contributed by atoms with Gasteiger partial charge in [0.2, 0.25) is 0 Å². The summed E-state index contributed by atoms with van der Waals surface area (Å²) in [5.41, 5.74) is 0.444. The molecule has 3 aliphatic carbocycles. The van der Waals surface area contributed by atoms with Gasteiger partial charge >= 0.3 is 0 Å². The summed E-state index contributed by atoms with van der Waals surface area (Å²) in [7, 11) is 3.70. The van der Waals surface area contributed by atoms with Gasteiger partial charge in [-0.2, -0.15) is 0 Å². The Morgan fingerprint density at radius 3 is 2.57 bits per heavy atom. The fourth-order valence-electron chi connectivity index (χ4n) is 4.62. The summed E-state index contributed by atoms with van der Waals surface area (Å²) in [6.07, 6.45) is 13.8. The molecule has 0 spiro atoms. The van der Waals surface area contributed by atoms with Crippen molar-refractivity contribution in [3.8, 4) is 0 Å². The first kappa shape index (κ1) is 17.1. The van der Waals surface area contributed by atoms with Crippen molar-refractivity contribution in [1.29, 1.82) is 0 Å². The van der Waals surface area contributed by atoms with E-state index in [9.17, 15) is 0 Å². The standard InChI is InChI=1S/C19H35N3O/c1-20-18(21-14-19(9-6-10-19)11-12-23-2)22-17-13-16(17)15-7-4-3-5-8-15/h15-17H,3-14H2,1-2H3,(H2,20,21,22). The molecule has 0 aliphatic heterocycles.